The van der Waals surface area contributed by atoms with Crippen LogP contribution < -0.4 is 5.32 Å². The van der Waals surface area contributed by atoms with Gasteiger partial charge in [0.05, 0.1) is 4.90 Å². The van der Waals surface area contributed by atoms with Crippen LogP contribution in [0.2, 0.25) is 0 Å². The summed E-state index contributed by atoms with van der Waals surface area (Å²) in [5.41, 5.74) is 1.18. The Bertz CT molecular complexity index is 532. The van der Waals surface area contributed by atoms with Crippen LogP contribution in [0.15, 0.2) is 29.2 Å². The van der Waals surface area contributed by atoms with E-state index in [0.717, 1.165) is 26.2 Å². The molecule has 1 fully saturated rings. The summed E-state index contributed by atoms with van der Waals surface area (Å²) in [4.78, 5) is 2.84. The van der Waals surface area contributed by atoms with Crippen molar-refractivity contribution in [2.24, 2.45) is 0 Å². The Morgan fingerprint density at radius 3 is 2.33 bits per heavy atom. The Labute approximate surface area is 128 Å². The summed E-state index contributed by atoms with van der Waals surface area (Å²) in [5, 5.41) is 3.59. The van der Waals surface area contributed by atoms with Gasteiger partial charge < -0.3 is 5.32 Å². The molecule has 1 aromatic rings. The van der Waals surface area contributed by atoms with Crippen molar-refractivity contribution in [2.45, 2.75) is 43.7 Å². The van der Waals surface area contributed by atoms with Crippen LogP contribution in [0.3, 0.4) is 0 Å². The van der Waals surface area contributed by atoms with E-state index in [0.29, 0.717) is 10.9 Å². The number of benzene rings is 1. The number of nitrogens with zero attached hydrogens (tertiary/aromatic N) is 1. The van der Waals surface area contributed by atoms with Crippen molar-refractivity contribution >= 4 is 9.84 Å². The maximum Gasteiger partial charge on any atom is 0.175 e. The Kier molecular flexibility index (Phi) is 5.79. The zero-order valence-electron chi connectivity index (χ0n) is 13.0. The zero-order chi connectivity index (χ0) is 15.3. The Morgan fingerprint density at radius 2 is 1.81 bits per heavy atom. The van der Waals surface area contributed by atoms with Gasteiger partial charge in [-0.3, -0.25) is 4.90 Å². The number of rotatable bonds is 6. The molecule has 0 amide bonds. The molecule has 0 saturated carbocycles. The number of nitrogens with one attached hydrogen (secondary N) is 1. The Morgan fingerprint density at radius 1 is 1.19 bits per heavy atom. The molecule has 1 N–H and O–H groups in total. The first-order chi connectivity index (χ1) is 9.99. The molecule has 21 heavy (non-hydrogen) atoms. The lowest BCUT2D eigenvalue weighted by atomic mass is 10.0. The number of hydrogen-bond acceptors (Lipinski definition) is 4. The first kappa shape index (κ1) is 16.5. The van der Waals surface area contributed by atoms with E-state index in [1.54, 1.807) is 12.1 Å². The summed E-state index contributed by atoms with van der Waals surface area (Å²) in [7, 11) is -3.09. The molecular formula is C16H26N2O2S. The highest BCUT2D eigenvalue weighted by atomic mass is 32.2. The van der Waals surface area contributed by atoms with Gasteiger partial charge in [0, 0.05) is 18.8 Å². The number of likely N-dealkylation sites (tertiary alicyclic amines) is 1. The minimum Gasteiger partial charge on any atom is -0.314 e. The van der Waals surface area contributed by atoms with Gasteiger partial charge >= 0.3 is 0 Å². The maximum atomic E-state index is 11.4. The second-order valence-corrected chi connectivity index (χ2v) is 7.94. The molecule has 1 aromatic carbocycles. The van der Waals surface area contributed by atoms with E-state index in [1.807, 2.05) is 12.1 Å². The van der Waals surface area contributed by atoms with Crippen molar-refractivity contribution < 1.29 is 8.42 Å². The summed E-state index contributed by atoms with van der Waals surface area (Å²) < 4.78 is 22.9. The molecule has 4 nitrogen and oxygen atoms in total. The molecule has 1 aliphatic rings. The first-order valence-corrected chi connectivity index (χ1v) is 9.63. The second kappa shape index (κ2) is 7.38. The van der Waals surface area contributed by atoms with Gasteiger partial charge in [-0.1, -0.05) is 19.1 Å². The second-order valence-electron chi connectivity index (χ2n) is 5.92. The fraction of sp³-hybridized carbons (Fsp3) is 0.625. The van der Waals surface area contributed by atoms with E-state index in [9.17, 15) is 8.42 Å². The van der Waals surface area contributed by atoms with Gasteiger partial charge in [-0.25, -0.2) is 8.42 Å². The summed E-state index contributed by atoms with van der Waals surface area (Å²) >= 11 is 0. The van der Waals surface area contributed by atoms with E-state index >= 15 is 0 Å². The minimum atomic E-state index is -3.09. The van der Waals surface area contributed by atoms with Crippen LogP contribution in [-0.2, 0) is 16.4 Å². The van der Waals surface area contributed by atoms with Crippen LogP contribution in [0.5, 0.6) is 0 Å². The molecule has 0 aliphatic carbocycles. The molecule has 0 bridgehead atoms. The molecule has 0 radical (unpaired) electrons. The lowest BCUT2D eigenvalue weighted by Crippen LogP contribution is -2.42. The SMILES string of the molecule is CCCNC1CCN(Cc2ccc(S(C)(=O)=O)cc2)CC1. The molecule has 1 saturated heterocycles. The van der Waals surface area contributed by atoms with Gasteiger partial charge in [-0.15, -0.1) is 0 Å². The third-order valence-corrected chi connectivity index (χ3v) is 5.16. The molecular weight excluding hydrogens is 284 g/mol. The largest absolute Gasteiger partial charge is 0.314 e. The molecule has 5 heteroatoms. The van der Waals surface area contributed by atoms with Crippen molar-refractivity contribution in [3.8, 4) is 0 Å². The predicted octanol–water partition coefficient (Wildman–Crippen LogP) is 2.05. The molecule has 0 spiro atoms. The zero-order valence-corrected chi connectivity index (χ0v) is 13.8. The van der Waals surface area contributed by atoms with Crippen LogP contribution in [0, 0.1) is 0 Å². The fourth-order valence-electron chi connectivity index (χ4n) is 2.74. The van der Waals surface area contributed by atoms with Gasteiger partial charge in [0.15, 0.2) is 9.84 Å². The topological polar surface area (TPSA) is 49.4 Å². The monoisotopic (exact) mass is 310 g/mol. The fourth-order valence-corrected chi connectivity index (χ4v) is 3.37. The van der Waals surface area contributed by atoms with Crippen molar-refractivity contribution in [1.29, 1.82) is 0 Å². The quantitative estimate of drug-likeness (QED) is 0.874. The van der Waals surface area contributed by atoms with Gasteiger partial charge in [0.1, 0.15) is 0 Å². The molecule has 2 rings (SSSR count). The van der Waals surface area contributed by atoms with Crippen LogP contribution in [0.25, 0.3) is 0 Å². The normalized spacial score (nSPS) is 18.0. The van der Waals surface area contributed by atoms with Crippen LogP contribution in [0.4, 0.5) is 0 Å². The predicted molar refractivity (Wildman–Crippen MR) is 86.1 cm³/mol. The average Bonchev–Trinajstić information content (AvgIpc) is 2.46. The van der Waals surface area contributed by atoms with E-state index < -0.39 is 9.84 Å². The Hall–Kier alpha value is -0.910. The summed E-state index contributed by atoms with van der Waals surface area (Å²) in [6, 6.07) is 7.93. The van der Waals surface area contributed by atoms with Crippen molar-refractivity contribution in [3.63, 3.8) is 0 Å². The van der Waals surface area contributed by atoms with Crippen molar-refractivity contribution in [2.75, 3.05) is 25.9 Å². The van der Waals surface area contributed by atoms with E-state index in [2.05, 4.69) is 17.1 Å². The molecule has 0 unspecified atom stereocenters. The Balaban J connectivity index is 1.83. The average molecular weight is 310 g/mol. The smallest absolute Gasteiger partial charge is 0.175 e. The molecule has 0 atom stereocenters. The first-order valence-electron chi connectivity index (χ1n) is 7.74. The minimum absolute atomic E-state index is 0.397. The van der Waals surface area contributed by atoms with Crippen molar-refractivity contribution in [1.82, 2.24) is 10.2 Å². The van der Waals surface area contributed by atoms with Gasteiger partial charge in [0.2, 0.25) is 0 Å². The highest BCUT2D eigenvalue weighted by Crippen LogP contribution is 2.16. The van der Waals surface area contributed by atoms with E-state index in [1.165, 1.54) is 31.1 Å². The lowest BCUT2D eigenvalue weighted by molar-refractivity contribution is 0.191. The molecule has 118 valence electrons. The van der Waals surface area contributed by atoms with Crippen molar-refractivity contribution in [3.05, 3.63) is 29.8 Å². The van der Waals surface area contributed by atoms with Gasteiger partial charge in [-0.2, -0.15) is 0 Å². The standard InChI is InChI=1S/C16H26N2O2S/c1-3-10-17-15-8-11-18(12-9-15)13-14-4-6-16(7-5-14)21(2,19)20/h4-7,15,17H,3,8-13H2,1-2H3. The van der Waals surface area contributed by atoms with Gasteiger partial charge in [0.25, 0.3) is 0 Å². The third kappa shape index (κ3) is 5.09. The van der Waals surface area contributed by atoms with Crippen LogP contribution >= 0.6 is 0 Å². The van der Waals surface area contributed by atoms with E-state index in [4.69, 9.17) is 0 Å². The van der Waals surface area contributed by atoms with Crippen LogP contribution in [0.1, 0.15) is 31.7 Å². The molecule has 0 aromatic heterocycles. The number of sulfone groups is 1. The maximum absolute atomic E-state index is 11.4. The lowest BCUT2D eigenvalue weighted by Gasteiger charge is -2.32. The van der Waals surface area contributed by atoms with Crippen LogP contribution in [-0.4, -0.2) is 45.2 Å². The van der Waals surface area contributed by atoms with Gasteiger partial charge in [-0.05, 0) is 56.6 Å². The number of hydrogen-bond donors (Lipinski definition) is 1. The summed E-state index contributed by atoms with van der Waals surface area (Å²) in [6.45, 7) is 6.43. The highest BCUT2D eigenvalue weighted by Gasteiger charge is 2.18. The van der Waals surface area contributed by atoms with E-state index in [-0.39, 0.29) is 0 Å². The summed E-state index contributed by atoms with van der Waals surface area (Å²) in [6.07, 6.45) is 4.83. The third-order valence-electron chi connectivity index (χ3n) is 4.03. The highest BCUT2D eigenvalue weighted by molar-refractivity contribution is 7.90. The molecule has 1 heterocycles. The summed E-state index contributed by atoms with van der Waals surface area (Å²) in [5.74, 6) is 0. The number of piperidine rings is 1. The molecule has 1 aliphatic heterocycles.